The molecule has 0 unspecified atom stereocenters. The molecule has 0 saturated heterocycles. The first kappa shape index (κ1) is 17.1. The lowest BCUT2D eigenvalue weighted by Gasteiger charge is -2.05. The van der Waals surface area contributed by atoms with Crippen molar-refractivity contribution < 1.29 is 4.74 Å². The first-order chi connectivity index (χ1) is 14.8. The van der Waals surface area contributed by atoms with Crippen molar-refractivity contribution in [2.45, 2.75) is 13.5 Å². The van der Waals surface area contributed by atoms with E-state index >= 15 is 0 Å². The summed E-state index contributed by atoms with van der Waals surface area (Å²) < 4.78 is 9.77. The Bertz CT molecular complexity index is 1530. The second-order valence-corrected chi connectivity index (χ2v) is 8.03. The predicted octanol–water partition coefficient (Wildman–Crippen LogP) is 4.54. The molecule has 0 atom stereocenters. The highest BCUT2D eigenvalue weighted by Gasteiger charge is 2.19. The lowest BCUT2D eigenvalue weighted by molar-refractivity contribution is 0.304. The number of rotatable bonds is 4. The van der Waals surface area contributed by atoms with Crippen molar-refractivity contribution in [3.8, 4) is 17.3 Å². The second kappa shape index (κ2) is 6.64. The van der Waals surface area contributed by atoms with Crippen molar-refractivity contribution in [2.24, 2.45) is 0 Å². The van der Waals surface area contributed by atoms with Gasteiger partial charge in [-0.3, -0.25) is 4.40 Å². The van der Waals surface area contributed by atoms with E-state index in [1.54, 1.807) is 4.52 Å². The molecule has 0 radical (unpaired) electrons. The predicted molar refractivity (Wildman–Crippen MR) is 116 cm³/mol. The number of ether oxygens (including phenoxy) is 1. The maximum absolute atomic E-state index is 5.99. The van der Waals surface area contributed by atoms with E-state index in [0.29, 0.717) is 12.4 Å². The molecular formula is C22H16N6OS. The molecule has 8 heteroatoms. The number of nitrogens with zero attached hydrogens (tertiary/aromatic N) is 6. The van der Waals surface area contributed by atoms with Gasteiger partial charge < -0.3 is 4.74 Å². The van der Waals surface area contributed by atoms with Crippen LogP contribution in [0, 0.1) is 6.92 Å². The molecule has 0 aliphatic rings. The van der Waals surface area contributed by atoms with Crippen molar-refractivity contribution in [3.05, 3.63) is 77.6 Å². The molecule has 0 N–H and O–H groups in total. The van der Waals surface area contributed by atoms with E-state index in [1.807, 2.05) is 60.0 Å². The number of pyridine rings is 1. The van der Waals surface area contributed by atoms with Gasteiger partial charge in [0.1, 0.15) is 23.7 Å². The second-order valence-electron chi connectivity index (χ2n) is 6.99. The van der Waals surface area contributed by atoms with Crippen LogP contribution in [0.4, 0.5) is 0 Å². The quantitative estimate of drug-likeness (QED) is 0.425. The molecule has 0 aliphatic carbocycles. The largest absolute Gasteiger partial charge is 0.486 e. The fourth-order valence-corrected chi connectivity index (χ4v) is 4.39. The Kier molecular flexibility index (Phi) is 3.78. The van der Waals surface area contributed by atoms with Crippen molar-refractivity contribution in [2.75, 3.05) is 0 Å². The standard InChI is InChI=1S/C22H16N6OS/c1-14-20(27-11-5-4-8-18(27)23-14)21-24-25-22-28(21)26-19(30-22)13-29-17-10-9-15-6-2-3-7-16(15)12-17/h2-12H,13H2,1H3. The molecule has 0 aliphatic heterocycles. The van der Waals surface area contributed by atoms with Crippen LogP contribution in [0.1, 0.15) is 10.7 Å². The zero-order valence-electron chi connectivity index (χ0n) is 16.1. The summed E-state index contributed by atoms with van der Waals surface area (Å²) in [6.45, 7) is 2.34. The molecule has 7 nitrogen and oxygen atoms in total. The molecule has 0 spiro atoms. The van der Waals surface area contributed by atoms with Gasteiger partial charge in [0, 0.05) is 6.20 Å². The first-order valence-corrected chi connectivity index (χ1v) is 10.3. The molecule has 4 aromatic heterocycles. The van der Waals surface area contributed by atoms with Crippen molar-refractivity contribution in [1.82, 2.24) is 29.2 Å². The normalized spacial score (nSPS) is 11.6. The van der Waals surface area contributed by atoms with E-state index in [1.165, 1.54) is 16.7 Å². The van der Waals surface area contributed by atoms with Crippen molar-refractivity contribution in [1.29, 1.82) is 0 Å². The number of hydrogen-bond acceptors (Lipinski definition) is 6. The Balaban J connectivity index is 1.33. The summed E-state index contributed by atoms with van der Waals surface area (Å²) in [5.41, 5.74) is 2.65. The van der Waals surface area contributed by atoms with E-state index in [4.69, 9.17) is 9.84 Å². The van der Waals surface area contributed by atoms with Gasteiger partial charge in [0.25, 0.3) is 0 Å². The smallest absolute Gasteiger partial charge is 0.235 e. The van der Waals surface area contributed by atoms with Gasteiger partial charge in [0.2, 0.25) is 10.8 Å². The van der Waals surface area contributed by atoms with Gasteiger partial charge in [-0.1, -0.05) is 47.7 Å². The van der Waals surface area contributed by atoms with Gasteiger partial charge in [0.15, 0.2) is 5.01 Å². The number of fused-ring (bicyclic) bond motifs is 3. The Morgan fingerprint density at radius 2 is 1.83 bits per heavy atom. The highest BCUT2D eigenvalue weighted by Crippen LogP contribution is 2.26. The third-order valence-corrected chi connectivity index (χ3v) is 5.90. The summed E-state index contributed by atoms with van der Waals surface area (Å²) in [6.07, 6.45) is 1.97. The van der Waals surface area contributed by atoms with Crippen LogP contribution >= 0.6 is 11.3 Å². The minimum Gasteiger partial charge on any atom is -0.486 e. The molecule has 146 valence electrons. The molecule has 2 aromatic carbocycles. The SMILES string of the molecule is Cc1nc2ccccn2c1-c1nnc2sc(COc3ccc4ccccc4c3)nn12. The minimum absolute atomic E-state index is 0.373. The Morgan fingerprint density at radius 1 is 0.967 bits per heavy atom. The van der Waals surface area contributed by atoms with E-state index in [0.717, 1.165) is 38.1 Å². The van der Waals surface area contributed by atoms with Crippen LogP contribution in [-0.2, 0) is 6.61 Å². The fourth-order valence-electron chi connectivity index (χ4n) is 3.65. The van der Waals surface area contributed by atoms with Crippen LogP contribution in [0.3, 0.4) is 0 Å². The molecular weight excluding hydrogens is 396 g/mol. The lowest BCUT2D eigenvalue weighted by Crippen LogP contribution is -1.99. The van der Waals surface area contributed by atoms with E-state index in [2.05, 4.69) is 33.4 Å². The number of imidazole rings is 1. The van der Waals surface area contributed by atoms with Gasteiger partial charge in [-0.2, -0.15) is 9.61 Å². The minimum atomic E-state index is 0.373. The number of benzene rings is 2. The molecule has 30 heavy (non-hydrogen) atoms. The monoisotopic (exact) mass is 412 g/mol. The summed E-state index contributed by atoms with van der Waals surface area (Å²) >= 11 is 1.47. The third kappa shape index (κ3) is 2.73. The zero-order chi connectivity index (χ0) is 20.1. The van der Waals surface area contributed by atoms with Crippen molar-refractivity contribution in [3.63, 3.8) is 0 Å². The Labute approximate surface area is 175 Å². The molecule has 4 heterocycles. The zero-order valence-corrected chi connectivity index (χ0v) is 16.9. The fraction of sp³-hybridized carbons (Fsp3) is 0.0909. The highest BCUT2D eigenvalue weighted by molar-refractivity contribution is 7.16. The summed E-state index contributed by atoms with van der Waals surface area (Å²) in [7, 11) is 0. The Morgan fingerprint density at radius 3 is 2.77 bits per heavy atom. The first-order valence-electron chi connectivity index (χ1n) is 9.53. The van der Waals surface area contributed by atoms with Crippen LogP contribution in [0.15, 0.2) is 66.9 Å². The van der Waals surface area contributed by atoms with Gasteiger partial charge in [-0.25, -0.2) is 4.98 Å². The molecule has 0 bridgehead atoms. The number of hydrogen-bond donors (Lipinski definition) is 0. The van der Waals surface area contributed by atoms with Gasteiger partial charge in [-0.15, -0.1) is 10.2 Å². The van der Waals surface area contributed by atoms with E-state index in [9.17, 15) is 0 Å². The average molecular weight is 412 g/mol. The number of aromatic nitrogens is 6. The van der Waals surface area contributed by atoms with Crippen LogP contribution in [0.25, 0.3) is 32.9 Å². The molecule has 6 aromatic rings. The average Bonchev–Trinajstić information content (AvgIpc) is 3.44. The third-order valence-electron chi connectivity index (χ3n) is 5.03. The molecule has 0 fully saturated rings. The van der Waals surface area contributed by atoms with Crippen molar-refractivity contribution >= 4 is 32.7 Å². The van der Waals surface area contributed by atoms with Crippen LogP contribution in [-0.4, -0.2) is 29.2 Å². The van der Waals surface area contributed by atoms with Crippen LogP contribution < -0.4 is 4.74 Å². The van der Waals surface area contributed by atoms with Gasteiger partial charge in [-0.05, 0) is 42.0 Å². The molecule has 0 amide bonds. The maximum Gasteiger partial charge on any atom is 0.235 e. The summed E-state index contributed by atoms with van der Waals surface area (Å²) in [5, 5.41) is 16.5. The lowest BCUT2D eigenvalue weighted by atomic mass is 10.1. The van der Waals surface area contributed by atoms with Gasteiger partial charge in [0.05, 0.1) is 5.69 Å². The van der Waals surface area contributed by atoms with Gasteiger partial charge >= 0.3 is 0 Å². The van der Waals surface area contributed by atoms with E-state index in [-0.39, 0.29) is 0 Å². The van der Waals surface area contributed by atoms with Crippen LogP contribution in [0.5, 0.6) is 5.75 Å². The molecule has 0 saturated carbocycles. The summed E-state index contributed by atoms with van der Waals surface area (Å²) in [6, 6.07) is 20.2. The number of aryl methyl sites for hydroxylation is 1. The summed E-state index contributed by atoms with van der Waals surface area (Å²) in [5.74, 6) is 1.49. The highest BCUT2D eigenvalue weighted by atomic mass is 32.1. The Hall–Kier alpha value is -3.78. The van der Waals surface area contributed by atoms with E-state index < -0.39 is 0 Å². The summed E-state index contributed by atoms with van der Waals surface area (Å²) in [4.78, 5) is 5.35. The van der Waals surface area contributed by atoms with Crippen LogP contribution in [0.2, 0.25) is 0 Å². The maximum atomic E-state index is 5.99. The molecule has 6 rings (SSSR count). The topological polar surface area (TPSA) is 69.6 Å².